The summed E-state index contributed by atoms with van der Waals surface area (Å²) in [7, 11) is 1.69. The lowest BCUT2D eigenvalue weighted by atomic mass is 9.85. The van der Waals surface area contributed by atoms with E-state index in [0.29, 0.717) is 25.6 Å². The van der Waals surface area contributed by atoms with Gasteiger partial charge in [0.05, 0.1) is 6.54 Å². The van der Waals surface area contributed by atoms with Crippen LogP contribution in [0.1, 0.15) is 32.6 Å². The highest BCUT2D eigenvalue weighted by atomic mass is 127. The van der Waals surface area contributed by atoms with Crippen molar-refractivity contribution >= 4 is 35.8 Å². The first-order chi connectivity index (χ1) is 12.6. The normalized spacial score (nSPS) is 15.1. The molecule has 6 nitrogen and oxygen atoms in total. The molecule has 152 valence electrons. The van der Waals surface area contributed by atoms with Gasteiger partial charge in [0.2, 0.25) is 5.91 Å². The number of hydrogen-bond acceptors (Lipinski definition) is 3. The minimum absolute atomic E-state index is 0. The molecule has 1 amide bonds. The molecular weight excluding hydrogens is 462 g/mol. The van der Waals surface area contributed by atoms with Gasteiger partial charge < -0.3 is 20.7 Å². The van der Waals surface area contributed by atoms with Crippen molar-refractivity contribution in [3.8, 4) is 5.75 Å². The third kappa shape index (κ3) is 8.32. The molecule has 1 aromatic carbocycles. The van der Waals surface area contributed by atoms with E-state index in [4.69, 9.17) is 4.74 Å². The van der Waals surface area contributed by atoms with Crippen LogP contribution in [0.4, 0.5) is 4.39 Å². The number of nitrogens with one attached hydrogen (secondary N) is 3. The number of nitrogens with zero attached hydrogens (tertiary/aromatic N) is 1. The van der Waals surface area contributed by atoms with Gasteiger partial charge >= 0.3 is 0 Å². The van der Waals surface area contributed by atoms with Gasteiger partial charge in [-0.15, -0.1) is 24.0 Å². The van der Waals surface area contributed by atoms with Crippen LogP contribution in [0.2, 0.25) is 0 Å². The Labute approximate surface area is 177 Å². The number of halogens is 2. The molecular formula is C19H30FIN4O2. The first kappa shape index (κ1) is 23.5. The van der Waals surface area contributed by atoms with Crippen molar-refractivity contribution in [2.75, 3.05) is 26.7 Å². The van der Waals surface area contributed by atoms with E-state index >= 15 is 0 Å². The van der Waals surface area contributed by atoms with Crippen LogP contribution in [0, 0.1) is 11.7 Å². The van der Waals surface area contributed by atoms with Crippen LogP contribution in [0.15, 0.2) is 29.3 Å². The summed E-state index contributed by atoms with van der Waals surface area (Å²) in [5, 5.41) is 9.30. The standard InChI is InChI=1S/C19H29FN4O2.HI/c1-14(26-17-10-4-3-9-16(17)20)13-24-19(21-2)23-12-6-11-22-18(25)15-7-5-8-15;/h3-4,9-10,14-15H,5-8,11-13H2,1-2H3,(H,22,25)(H2,21,23,24);1H. The van der Waals surface area contributed by atoms with Gasteiger partial charge in [-0.2, -0.15) is 0 Å². The van der Waals surface area contributed by atoms with Gasteiger partial charge in [-0.25, -0.2) is 4.39 Å². The first-order valence-electron chi connectivity index (χ1n) is 9.23. The van der Waals surface area contributed by atoms with Crippen molar-refractivity contribution in [3.05, 3.63) is 30.1 Å². The zero-order chi connectivity index (χ0) is 18.8. The molecule has 1 aliphatic rings. The van der Waals surface area contributed by atoms with Gasteiger partial charge in [0.15, 0.2) is 17.5 Å². The first-order valence-corrected chi connectivity index (χ1v) is 9.23. The van der Waals surface area contributed by atoms with Gasteiger partial charge in [0, 0.05) is 26.1 Å². The van der Waals surface area contributed by atoms with E-state index < -0.39 is 0 Å². The Kier molecular flexibility index (Phi) is 11.1. The SMILES string of the molecule is CN=C(NCCCNC(=O)C1CCC1)NCC(C)Oc1ccccc1F.I. The fourth-order valence-corrected chi connectivity index (χ4v) is 2.58. The average molecular weight is 492 g/mol. The maximum absolute atomic E-state index is 13.6. The van der Waals surface area contributed by atoms with Crippen molar-refractivity contribution in [1.29, 1.82) is 0 Å². The van der Waals surface area contributed by atoms with Crippen LogP contribution in [-0.4, -0.2) is 44.7 Å². The summed E-state index contributed by atoms with van der Waals surface area (Å²) in [6, 6.07) is 6.35. The second kappa shape index (κ2) is 12.7. The highest BCUT2D eigenvalue weighted by Gasteiger charge is 2.24. The lowest BCUT2D eigenvalue weighted by molar-refractivity contribution is -0.127. The topological polar surface area (TPSA) is 74.8 Å². The molecule has 3 N–H and O–H groups in total. The quantitative estimate of drug-likeness (QED) is 0.215. The molecule has 27 heavy (non-hydrogen) atoms. The van der Waals surface area contributed by atoms with E-state index in [1.54, 1.807) is 25.2 Å². The van der Waals surface area contributed by atoms with E-state index in [1.807, 2.05) is 6.92 Å². The molecule has 1 aliphatic carbocycles. The van der Waals surface area contributed by atoms with Crippen molar-refractivity contribution in [2.24, 2.45) is 10.9 Å². The molecule has 0 aromatic heterocycles. The summed E-state index contributed by atoms with van der Waals surface area (Å²) in [5.41, 5.74) is 0. The fraction of sp³-hybridized carbons (Fsp3) is 0.579. The van der Waals surface area contributed by atoms with E-state index in [2.05, 4.69) is 20.9 Å². The highest BCUT2D eigenvalue weighted by molar-refractivity contribution is 14.0. The Hall–Kier alpha value is -1.58. The van der Waals surface area contributed by atoms with Crippen LogP contribution in [0.3, 0.4) is 0 Å². The van der Waals surface area contributed by atoms with Crippen molar-refractivity contribution < 1.29 is 13.9 Å². The molecule has 0 spiro atoms. The van der Waals surface area contributed by atoms with E-state index in [1.165, 1.54) is 12.5 Å². The summed E-state index contributed by atoms with van der Waals surface area (Å²) in [4.78, 5) is 15.9. The highest BCUT2D eigenvalue weighted by Crippen LogP contribution is 2.26. The van der Waals surface area contributed by atoms with Gasteiger partial charge in [-0.1, -0.05) is 18.6 Å². The molecule has 2 rings (SSSR count). The molecule has 0 bridgehead atoms. The number of hydrogen-bond donors (Lipinski definition) is 3. The summed E-state index contributed by atoms with van der Waals surface area (Å²) < 4.78 is 19.2. The van der Waals surface area contributed by atoms with Crippen LogP contribution in [0.25, 0.3) is 0 Å². The van der Waals surface area contributed by atoms with Gasteiger partial charge in [0.1, 0.15) is 6.10 Å². The third-order valence-corrected chi connectivity index (χ3v) is 4.37. The number of rotatable bonds is 9. The summed E-state index contributed by atoms with van der Waals surface area (Å²) in [6.45, 7) is 3.72. The van der Waals surface area contributed by atoms with Gasteiger partial charge in [-0.05, 0) is 38.3 Å². The smallest absolute Gasteiger partial charge is 0.223 e. The molecule has 1 unspecified atom stereocenters. The second-order valence-corrected chi connectivity index (χ2v) is 6.51. The number of carbonyl (C=O) groups excluding carboxylic acids is 1. The van der Waals surface area contributed by atoms with Crippen LogP contribution in [-0.2, 0) is 4.79 Å². The van der Waals surface area contributed by atoms with Crippen LogP contribution >= 0.6 is 24.0 Å². The Bertz CT molecular complexity index is 611. The van der Waals surface area contributed by atoms with Crippen molar-refractivity contribution in [2.45, 2.75) is 38.7 Å². The molecule has 0 heterocycles. The zero-order valence-corrected chi connectivity index (χ0v) is 18.3. The molecule has 1 aromatic rings. The number of carbonyl (C=O) groups is 1. The minimum atomic E-state index is -0.370. The second-order valence-electron chi connectivity index (χ2n) is 6.51. The van der Waals surface area contributed by atoms with Crippen molar-refractivity contribution in [1.82, 2.24) is 16.0 Å². The predicted molar refractivity (Wildman–Crippen MR) is 116 cm³/mol. The largest absolute Gasteiger partial charge is 0.486 e. The zero-order valence-electron chi connectivity index (χ0n) is 16.0. The molecule has 8 heteroatoms. The third-order valence-electron chi connectivity index (χ3n) is 4.37. The van der Waals surface area contributed by atoms with Crippen LogP contribution < -0.4 is 20.7 Å². The Morgan fingerprint density at radius 3 is 2.59 bits per heavy atom. The number of para-hydroxylation sites is 1. The maximum atomic E-state index is 13.6. The van der Waals surface area contributed by atoms with Gasteiger partial charge in [-0.3, -0.25) is 9.79 Å². The van der Waals surface area contributed by atoms with Crippen LogP contribution in [0.5, 0.6) is 5.75 Å². The van der Waals surface area contributed by atoms with E-state index in [-0.39, 0.29) is 53.5 Å². The fourth-order valence-electron chi connectivity index (χ4n) is 2.58. The Morgan fingerprint density at radius 2 is 1.96 bits per heavy atom. The van der Waals surface area contributed by atoms with Gasteiger partial charge in [0.25, 0.3) is 0 Å². The lowest BCUT2D eigenvalue weighted by Crippen LogP contribution is -2.43. The predicted octanol–water partition coefficient (Wildman–Crippen LogP) is 2.68. The number of amides is 1. The average Bonchev–Trinajstić information content (AvgIpc) is 2.57. The number of guanidine groups is 1. The molecule has 0 saturated heterocycles. The Morgan fingerprint density at radius 1 is 1.26 bits per heavy atom. The number of ether oxygens (including phenoxy) is 1. The summed E-state index contributed by atoms with van der Waals surface area (Å²) in [5.74, 6) is 0.934. The lowest BCUT2D eigenvalue weighted by Gasteiger charge is -2.24. The molecule has 1 fully saturated rings. The number of benzene rings is 1. The van der Waals surface area contributed by atoms with Crippen molar-refractivity contribution in [3.63, 3.8) is 0 Å². The molecule has 0 aliphatic heterocycles. The minimum Gasteiger partial charge on any atom is -0.486 e. The maximum Gasteiger partial charge on any atom is 0.223 e. The summed E-state index contributed by atoms with van der Waals surface area (Å²) in [6.07, 6.45) is 3.81. The number of aliphatic imine (C=N–C) groups is 1. The molecule has 0 radical (unpaired) electrons. The van der Waals surface area contributed by atoms with E-state index in [0.717, 1.165) is 19.3 Å². The monoisotopic (exact) mass is 492 g/mol. The van der Waals surface area contributed by atoms with E-state index in [9.17, 15) is 9.18 Å². The Balaban J connectivity index is 0.00000364. The molecule has 1 saturated carbocycles. The summed E-state index contributed by atoms with van der Waals surface area (Å²) >= 11 is 0. The molecule has 1 atom stereocenters.